The van der Waals surface area contributed by atoms with E-state index in [9.17, 15) is 4.79 Å². The summed E-state index contributed by atoms with van der Waals surface area (Å²) in [4.78, 5) is 14.5. The Kier molecular flexibility index (Phi) is 3.23. The second-order valence-corrected chi connectivity index (χ2v) is 8.41. The van der Waals surface area contributed by atoms with E-state index in [0.29, 0.717) is 19.4 Å². The van der Waals surface area contributed by atoms with Crippen LogP contribution < -0.4 is 9.64 Å². The number of para-hydroxylation sites is 2. The Balaban J connectivity index is 1.86. The molecule has 3 rings (SSSR count). The monoisotopic (exact) mass is 327 g/mol. The Bertz CT molecular complexity index is 600. The molecule has 1 saturated carbocycles. The Morgan fingerprint density at radius 3 is 2.52 bits per heavy atom. The SMILES string of the molecule is CC1(C)CN(C(=O)CC2(C)CC2(Cl)Cl)c2ccccc2O1. The van der Waals surface area contributed by atoms with Crippen LogP contribution in [0.1, 0.15) is 33.6 Å². The molecular weight excluding hydrogens is 309 g/mol. The molecule has 0 aromatic heterocycles. The van der Waals surface area contributed by atoms with Gasteiger partial charge in [-0.25, -0.2) is 0 Å². The highest BCUT2D eigenvalue weighted by molar-refractivity contribution is 6.51. The number of rotatable bonds is 2. The summed E-state index contributed by atoms with van der Waals surface area (Å²) in [6.07, 6.45) is 1.01. The van der Waals surface area contributed by atoms with E-state index in [0.717, 1.165) is 11.4 Å². The van der Waals surface area contributed by atoms with E-state index < -0.39 is 9.93 Å². The Morgan fingerprint density at radius 1 is 1.29 bits per heavy atom. The lowest BCUT2D eigenvalue weighted by molar-refractivity contribution is -0.120. The molecule has 1 heterocycles. The number of ether oxygens (including phenoxy) is 1. The first-order valence-corrected chi connectivity index (χ1v) is 7.85. The number of hydrogen-bond acceptors (Lipinski definition) is 2. The van der Waals surface area contributed by atoms with Crippen LogP contribution in [0.4, 0.5) is 5.69 Å². The first-order chi connectivity index (χ1) is 9.64. The lowest BCUT2D eigenvalue weighted by Gasteiger charge is -2.40. The van der Waals surface area contributed by atoms with Crippen molar-refractivity contribution in [2.24, 2.45) is 5.41 Å². The highest BCUT2D eigenvalue weighted by atomic mass is 35.5. The number of anilines is 1. The number of carbonyl (C=O) groups is 1. The Labute approximate surface area is 135 Å². The molecule has 0 radical (unpaired) electrons. The van der Waals surface area contributed by atoms with Gasteiger partial charge >= 0.3 is 0 Å². The number of amides is 1. The molecule has 1 aromatic carbocycles. The van der Waals surface area contributed by atoms with Gasteiger partial charge in [0.25, 0.3) is 0 Å². The van der Waals surface area contributed by atoms with Gasteiger partial charge in [0.2, 0.25) is 5.91 Å². The fourth-order valence-corrected chi connectivity index (χ4v) is 3.58. The molecule has 114 valence electrons. The van der Waals surface area contributed by atoms with Gasteiger partial charge in [-0.15, -0.1) is 23.2 Å². The third kappa shape index (κ3) is 2.62. The van der Waals surface area contributed by atoms with Crippen LogP contribution >= 0.6 is 23.2 Å². The molecule has 0 bridgehead atoms. The van der Waals surface area contributed by atoms with Crippen molar-refractivity contribution in [3.8, 4) is 5.75 Å². The average molecular weight is 328 g/mol. The fraction of sp³-hybridized carbons (Fsp3) is 0.562. The molecule has 1 aliphatic heterocycles. The van der Waals surface area contributed by atoms with E-state index in [1.54, 1.807) is 4.90 Å². The van der Waals surface area contributed by atoms with E-state index in [1.807, 2.05) is 45.0 Å². The molecule has 5 heteroatoms. The molecular formula is C16H19Cl2NO2. The van der Waals surface area contributed by atoms with Gasteiger partial charge in [0.05, 0.1) is 12.2 Å². The van der Waals surface area contributed by atoms with E-state index in [1.165, 1.54) is 0 Å². The summed E-state index contributed by atoms with van der Waals surface area (Å²) in [5.74, 6) is 0.788. The molecule has 0 N–H and O–H groups in total. The minimum absolute atomic E-state index is 0.0458. The highest BCUT2D eigenvalue weighted by Gasteiger charge is 2.63. The summed E-state index contributed by atoms with van der Waals surface area (Å²) in [6, 6.07) is 7.62. The highest BCUT2D eigenvalue weighted by Crippen LogP contribution is 2.65. The minimum atomic E-state index is -0.774. The second kappa shape index (κ2) is 4.53. The fourth-order valence-electron chi connectivity index (χ4n) is 2.85. The first-order valence-electron chi connectivity index (χ1n) is 7.10. The van der Waals surface area contributed by atoms with Crippen LogP contribution in [0.3, 0.4) is 0 Å². The standard InChI is InChI=1S/C16H19Cl2NO2/c1-14(2)10-19(11-6-4-5-7-12(11)21-14)13(20)8-15(3)9-16(15,17)18/h4-7H,8-10H2,1-3H3. The molecule has 1 aromatic rings. The predicted octanol–water partition coefficient (Wildman–Crippen LogP) is 4.16. The number of halogens is 2. The third-order valence-electron chi connectivity index (χ3n) is 4.29. The quantitative estimate of drug-likeness (QED) is 0.763. The lowest BCUT2D eigenvalue weighted by atomic mass is 10.0. The number of hydrogen-bond donors (Lipinski definition) is 0. The molecule has 2 aliphatic rings. The van der Waals surface area contributed by atoms with Crippen molar-refractivity contribution in [2.45, 2.75) is 43.5 Å². The van der Waals surface area contributed by atoms with Crippen LogP contribution in [0.25, 0.3) is 0 Å². The molecule has 0 saturated heterocycles. The number of carbonyl (C=O) groups excluding carboxylic acids is 1. The summed E-state index contributed by atoms with van der Waals surface area (Å²) in [5.41, 5.74) is 0.0822. The number of benzene rings is 1. The summed E-state index contributed by atoms with van der Waals surface area (Å²) in [5, 5.41) is 0. The van der Waals surface area contributed by atoms with Crippen molar-refractivity contribution >= 4 is 34.8 Å². The molecule has 0 spiro atoms. The topological polar surface area (TPSA) is 29.5 Å². The van der Waals surface area contributed by atoms with E-state index in [4.69, 9.17) is 27.9 Å². The van der Waals surface area contributed by atoms with Crippen molar-refractivity contribution in [3.05, 3.63) is 24.3 Å². The van der Waals surface area contributed by atoms with Gasteiger partial charge in [-0.1, -0.05) is 19.1 Å². The Morgan fingerprint density at radius 2 is 1.90 bits per heavy atom. The summed E-state index contributed by atoms with van der Waals surface area (Å²) in [7, 11) is 0. The van der Waals surface area contributed by atoms with Gasteiger partial charge in [0.1, 0.15) is 15.7 Å². The van der Waals surface area contributed by atoms with Crippen molar-refractivity contribution in [1.29, 1.82) is 0 Å². The normalized spacial score (nSPS) is 28.5. The first kappa shape index (κ1) is 15.0. The molecule has 1 fully saturated rings. The van der Waals surface area contributed by atoms with Gasteiger partial charge < -0.3 is 9.64 Å². The second-order valence-electron chi connectivity index (χ2n) is 6.93. The maximum atomic E-state index is 12.7. The molecule has 1 unspecified atom stereocenters. The van der Waals surface area contributed by atoms with Crippen molar-refractivity contribution in [2.75, 3.05) is 11.4 Å². The average Bonchev–Trinajstić information content (AvgIpc) is 2.85. The summed E-state index contributed by atoms with van der Waals surface area (Å²) < 4.78 is 5.17. The van der Waals surface area contributed by atoms with Gasteiger partial charge in [-0.05, 0) is 32.4 Å². The summed E-state index contributed by atoms with van der Waals surface area (Å²) in [6.45, 7) is 6.45. The molecule has 1 amide bonds. The number of nitrogens with zero attached hydrogens (tertiary/aromatic N) is 1. The molecule has 1 aliphatic carbocycles. The van der Waals surface area contributed by atoms with E-state index in [-0.39, 0.29) is 11.3 Å². The summed E-state index contributed by atoms with van der Waals surface area (Å²) >= 11 is 12.3. The van der Waals surface area contributed by atoms with Crippen molar-refractivity contribution in [1.82, 2.24) is 0 Å². The van der Waals surface area contributed by atoms with Crippen LogP contribution in [0.5, 0.6) is 5.75 Å². The van der Waals surface area contributed by atoms with Gasteiger partial charge in [0, 0.05) is 11.8 Å². The maximum absolute atomic E-state index is 12.7. The largest absolute Gasteiger partial charge is 0.484 e. The smallest absolute Gasteiger partial charge is 0.227 e. The zero-order valence-corrected chi connectivity index (χ0v) is 14.0. The van der Waals surface area contributed by atoms with Crippen LogP contribution in [0, 0.1) is 5.41 Å². The van der Waals surface area contributed by atoms with Crippen LogP contribution in [-0.4, -0.2) is 22.4 Å². The number of alkyl halides is 2. The number of fused-ring (bicyclic) bond motifs is 1. The van der Waals surface area contributed by atoms with E-state index in [2.05, 4.69) is 0 Å². The Hall–Kier alpha value is -0.930. The minimum Gasteiger partial charge on any atom is -0.484 e. The molecule has 21 heavy (non-hydrogen) atoms. The van der Waals surface area contributed by atoms with Gasteiger partial charge in [-0.2, -0.15) is 0 Å². The zero-order chi connectivity index (χ0) is 15.5. The maximum Gasteiger partial charge on any atom is 0.227 e. The van der Waals surface area contributed by atoms with Crippen molar-refractivity contribution < 1.29 is 9.53 Å². The van der Waals surface area contributed by atoms with Gasteiger partial charge in [-0.3, -0.25) is 4.79 Å². The third-order valence-corrected chi connectivity index (χ3v) is 5.47. The molecule has 3 nitrogen and oxygen atoms in total. The van der Waals surface area contributed by atoms with Crippen molar-refractivity contribution in [3.63, 3.8) is 0 Å². The van der Waals surface area contributed by atoms with Crippen LogP contribution in [0.2, 0.25) is 0 Å². The zero-order valence-electron chi connectivity index (χ0n) is 12.5. The van der Waals surface area contributed by atoms with Crippen LogP contribution in [0.15, 0.2) is 24.3 Å². The van der Waals surface area contributed by atoms with Gasteiger partial charge in [0.15, 0.2) is 0 Å². The lowest BCUT2D eigenvalue weighted by Crippen LogP contribution is -2.49. The van der Waals surface area contributed by atoms with Crippen LogP contribution in [-0.2, 0) is 4.79 Å². The van der Waals surface area contributed by atoms with E-state index >= 15 is 0 Å². The molecule has 1 atom stereocenters. The predicted molar refractivity (Wildman–Crippen MR) is 85.3 cm³/mol.